The van der Waals surface area contributed by atoms with Gasteiger partial charge in [-0.2, -0.15) is 0 Å². The van der Waals surface area contributed by atoms with Crippen molar-refractivity contribution >= 4 is 11.3 Å². The number of phenols is 1. The van der Waals surface area contributed by atoms with Crippen molar-refractivity contribution in [2.24, 2.45) is 0 Å². The normalized spacial score (nSPS) is 17.9. The van der Waals surface area contributed by atoms with Gasteiger partial charge < -0.3 is 10.4 Å². The van der Waals surface area contributed by atoms with Crippen LogP contribution in [0.1, 0.15) is 33.3 Å². The van der Waals surface area contributed by atoms with E-state index in [1.54, 1.807) is 6.07 Å². The molecule has 0 amide bonds. The van der Waals surface area contributed by atoms with Gasteiger partial charge in [0.2, 0.25) is 0 Å². The van der Waals surface area contributed by atoms with Crippen LogP contribution in [0.4, 0.5) is 0 Å². The monoisotopic (exact) mass is 259 g/mol. The number of aryl methyl sites for hydroxylation is 2. The van der Waals surface area contributed by atoms with Crippen LogP contribution >= 0.6 is 11.3 Å². The summed E-state index contributed by atoms with van der Waals surface area (Å²) in [6, 6.07) is 10.5. The number of aromatic hydroxyl groups is 1. The summed E-state index contributed by atoms with van der Waals surface area (Å²) in [7, 11) is 0. The number of hydrogen-bond acceptors (Lipinski definition) is 3. The van der Waals surface area contributed by atoms with E-state index in [0.717, 1.165) is 19.4 Å². The number of hydrogen-bond donors (Lipinski definition) is 2. The summed E-state index contributed by atoms with van der Waals surface area (Å²) in [6.07, 6.45) is 2.19. The quantitative estimate of drug-likeness (QED) is 0.883. The molecule has 1 atom stereocenters. The third kappa shape index (κ3) is 2.28. The van der Waals surface area contributed by atoms with Crippen LogP contribution in [0.5, 0.6) is 5.75 Å². The summed E-state index contributed by atoms with van der Waals surface area (Å²) < 4.78 is 0. The highest BCUT2D eigenvalue weighted by Gasteiger charge is 2.22. The number of benzene rings is 1. The molecule has 1 aromatic carbocycles. The summed E-state index contributed by atoms with van der Waals surface area (Å²) in [6.45, 7) is 3.07. The van der Waals surface area contributed by atoms with Gasteiger partial charge in [-0.1, -0.05) is 6.07 Å². The molecule has 0 fully saturated rings. The van der Waals surface area contributed by atoms with E-state index in [1.807, 2.05) is 17.4 Å². The zero-order valence-corrected chi connectivity index (χ0v) is 11.3. The molecule has 0 saturated heterocycles. The Balaban J connectivity index is 1.69. The van der Waals surface area contributed by atoms with Crippen LogP contribution in [0.15, 0.2) is 30.3 Å². The Morgan fingerprint density at radius 2 is 2.22 bits per heavy atom. The lowest BCUT2D eigenvalue weighted by molar-refractivity contribution is 0.474. The van der Waals surface area contributed by atoms with Gasteiger partial charge in [0.1, 0.15) is 5.75 Å². The number of rotatable bonds is 3. The molecular formula is C15H17NOS. The lowest BCUT2D eigenvalue weighted by atomic mass is 10.1. The molecule has 2 aromatic rings. The second-order valence-corrected chi connectivity index (χ2v) is 6.24. The topological polar surface area (TPSA) is 32.3 Å². The van der Waals surface area contributed by atoms with Crippen molar-refractivity contribution in [2.45, 2.75) is 32.4 Å². The smallest absolute Gasteiger partial charge is 0.115 e. The molecule has 1 heterocycles. The highest BCUT2D eigenvalue weighted by atomic mass is 32.1. The first-order valence-electron chi connectivity index (χ1n) is 6.33. The minimum absolute atomic E-state index is 0.378. The number of thiophene rings is 1. The lowest BCUT2D eigenvalue weighted by Gasteiger charge is -2.13. The summed E-state index contributed by atoms with van der Waals surface area (Å²) in [5, 5.41) is 13.1. The number of phenolic OH excluding ortho intramolecular Hbond substituents is 1. The average molecular weight is 259 g/mol. The maximum atomic E-state index is 9.47. The van der Waals surface area contributed by atoms with Gasteiger partial charge in [0.25, 0.3) is 0 Å². The van der Waals surface area contributed by atoms with Gasteiger partial charge in [-0.15, -0.1) is 11.3 Å². The van der Waals surface area contributed by atoms with E-state index in [1.165, 1.54) is 20.9 Å². The van der Waals surface area contributed by atoms with E-state index in [2.05, 4.69) is 30.4 Å². The van der Waals surface area contributed by atoms with Gasteiger partial charge in [0.05, 0.1) is 0 Å². The minimum Gasteiger partial charge on any atom is -0.508 e. The molecule has 94 valence electrons. The van der Waals surface area contributed by atoms with E-state index in [4.69, 9.17) is 0 Å². The summed E-state index contributed by atoms with van der Waals surface area (Å²) in [5.74, 6) is 0.378. The Hall–Kier alpha value is -1.32. The van der Waals surface area contributed by atoms with Crippen molar-refractivity contribution in [2.75, 3.05) is 0 Å². The third-order valence-corrected chi connectivity index (χ3v) is 4.52. The van der Waals surface area contributed by atoms with E-state index < -0.39 is 0 Å². The molecule has 2 nitrogen and oxygen atoms in total. The van der Waals surface area contributed by atoms with Crippen LogP contribution in [0.2, 0.25) is 0 Å². The maximum absolute atomic E-state index is 9.47. The molecular weight excluding hydrogens is 242 g/mol. The lowest BCUT2D eigenvalue weighted by Crippen LogP contribution is -2.17. The molecule has 1 unspecified atom stereocenters. The van der Waals surface area contributed by atoms with Crippen molar-refractivity contribution in [1.29, 1.82) is 0 Å². The fourth-order valence-electron chi connectivity index (χ4n) is 2.62. The van der Waals surface area contributed by atoms with Crippen LogP contribution in [0.25, 0.3) is 0 Å². The molecule has 0 aliphatic heterocycles. The predicted molar refractivity (Wildman–Crippen MR) is 75.1 cm³/mol. The van der Waals surface area contributed by atoms with Crippen molar-refractivity contribution in [3.05, 3.63) is 51.2 Å². The van der Waals surface area contributed by atoms with Gasteiger partial charge in [-0.05, 0) is 55.2 Å². The molecule has 0 spiro atoms. The molecule has 0 saturated carbocycles. The van der Waals surface area contributed by atoms with Gasteiger partial charge in [-0.3, -0.25) is 0 Å². The Morgan fingerprint density at radius 1 is 1.33 bits per heavy atom. The highest BCUT2D eigenvalue weighted by Crippen LogP contribution is 2.33. The predicted octanol–water partition coefficient (Wildman–Crippen LogP) is 3.54. The third-order valence-electron chi connectivity index (χ3n) is 3.52. The Labute approximate surface area is 111 Å². The van der Waals surface area contributed by atoms with E-state index in [9.17, 15) is 5.11 Å². The van der Waals surface area contributed by atoms with Crippen LogP contribution in [0.3, 0.4) is 0 Å². The maximum Gasteiger partial charge on any atom is 0.115 e. The Kier molecular flexibility index (Phi) is 3.10. The summed E-state index contributed by atoms with van der Waals surface area (Å²) in [4.78, 5) is 2.75. The second kappa shape index (κ2) is 4.75. The first-order valence-corrected chi connectivity index (χ1v) is 7.14. The first kappa shape index (κ1) is 11.8. The molecule has 18 heavy (non-hydrogen) atoms. The van der Waals surface area contributed by atoms with Crippen LogP contribution < -0.4 is 5.32 Å². The van der Waals surface area contributed by atoms with Gasteiger partial charge in [0.15, 0.2) is 0 Å². The zero-order chi connectivity index (χ0) is 12.5. The zero-order valence-electron chi connectivity index (χ0n) is 10.4. The molecule has 2 N–H and O–H groups in total. The molecule has 1 aliphatic carbocycles. The van der Waals surface area contributed by atoms with E-state index in [-0.39, 0.29) is 0 Å². The Bertz CT molecular complexity index is 561. The SMILES string of the molecule is Cc1ccc(CNC2CCc3cc(O)ccc32)s1. The van der Waals surface area contributed by atoms with E-state index in [0.29, 0.717) is 11.8 Å². The van der Waals surface area contributed by atoms with Crippen LogP contribution in [-0.4, -0.2) is 5.11 Å². The fraction of sp³-hybridized carbons (Fsp3) is 0.333. The van der Waals surface area contributed by atoms with Crippen LogP contribution in [-0.2, 0) is 13.0 Å². The molecule has 0 radical (unpaired) electrons. The summed E-state index contributed by atoms with van der Waals surface area (Å²) in [5.41, 5.74) is 2.64. The van der Waals surface area contributed by atoms with Crippen molar-refractivity contribution in [1.82, 2.24) is 5.32 Å². The van der Waals surface area contributed by atoms with E-state index >= 15 is 0 Å². The summed E-state index contributed by atoms with van der Waals surface area (Å²) >= 11 is 1.85. The van der Waals surface area contributed by atoms with Gasteiger partial charge in [-0.25, -0.2) is 0 Å². The molecule has 0 bridgehead atoms. The fourth-order valence-corrected chi connectivity index (χ4v) is 3.46. The standard InChI is InChI=1S/C15H17NOS/c1-10-2-5-13(18-10)9-16-15-7-3-11-8-12(17)4-6-14(11)15/h2,4-6,8,15-17H,3,7,9H2,1H3. The van der Waals surface area contributed by atoms with Crippen molar-refractivity contribution < 1.29 is 5.11 Å². The highest BCUT2D eigenvalue weighted by molar-refractivity contribution is 7.11. The number of fused-ring (bicyclic) bond motifs is 1. The number of nitrogens with one attached hydrogen (secondary N) is 1. The first-order chi connectivity index (χ1) is 8.72. The average Bonchev–Trinajstić information content (AvgIpc) is 2.92. The van der Waals surface area contributed by atoms with Crippen LogP contribution in [0, 0.1) is 6.92 Å². The van der Waals surface area contributed by atoms with Crippen molar-refractivity contribution in [3.8, 4) is 5.75 Å². The molecule has 1 aliphatic rings. The van der Waals surface area contributed by atoms with Gasteiger partial charge in [0, 0.05) is 22.3 Å². The second-order valence-electron chi connectivity index (χ2n) is 4.87. The minimum atomic E-state index is 0.378. The molecule has 3 heteroatoms. The molecule has 1 aromatic heterocycles. The largest absolute Gasteiger partial charge is 0.508 e. The van der Waals surface area contributed by atoms with Gasteiger partial charge >= 0.3 is 0 Å². The van der Waals surface area contributed by atoms with Crippen molar-refractivity contribution in [3.63, 3.8) is 0 Å². The Morgan fingerprint density at radius 3 is 3.00 bits per heavy atom. The molecule has 3 rings (SSSR count).